The van der Waals surface area contributed by atoms with Gasteiger partial charge in [-0.2, -0.15) is 4.99 Å². The molecule has 33 heavy (non-hydrogen) atoms. The van der Waals surface area contributed by atoms with Gasteiger partial charge in [0.05, 0.1) is 9.93 Å². The maximum Gasteiger partial charge on any atom is 0.286 e. The van der Waals surface area contributed by atoms with E-state index in [0.717, 1.165) is 43.5 Å². The van der Waals surface area contributed by atoms with Gasteiger partial charge >= 0.3 is 0 Å². The number of hydrogen-bond acceptors (Lipinski definition) is 5. The molecular formula is C25H21Cl2N3O2S. The average molecular weight is 498 g/mol. The van der Waals surface area contributed by atoms with Crippen LogP contribution in [0.15, 0.2) is 75.0 Å². The SMILES string of the molecule is O=C1N=C(N2CCN(Cc3ccccc3)CC2)S/C1=C/c1ccc(-c2ccc(Cl)cc2Cl)o1. The van der Waals surface area contributed by atoms with Crippen molar-refractivity contribution in [3.63, 3.8) is 0 Å². The number of thioether (sulfide) groups is 1. The van der Waals surface area contributed by atoms with E-state index in [1.165, 1.54) is 17.3 Å². The summed E-state index contributed by atoms with van der Waals surface area (Å²) in [7, 11) is 0. The molecule has 0 aliphatic carbocycles. The molecule has 2 aliphatic heterocycles. The summed E-state index contributed by atoms with van der Waals surface area (Å²) in [4.78, 5) is 22.0. The van der Waals surface area contributed by atoms with E-state index < -0.39 is 0 Å². The molecule has 0 unspecified atom stereocenters. The Kier molecular flexibility index (Phi) is 6.60. The second kappa shape index (κ2) is 9.77. The van der Waals surface area contributed by atoms with Crippen LogP contribution in [0.1, 0.15) is 11.3 Å². The Morgan fingerprint density at radius 2 is 1.79 bits per heavy atom. The third-order valence-electron chi connectivity index (χ3n) is 5.60. The minimum atomic E-state index is -0.232. The maximum atomic E-state index is 12.5. The van der Waals surface area contributed by atoms with Gasteiger partial charge in [0.2, 0.25) is 0 Å². The van der Waals surface area contributed by atoms with Gasteiger partial charge in [-0.3, -0.25) is 9.69 Å². The van der Waals surface area contributed by atoms with E-state index in [-0.39, 0.29) is 5.91 Å². The van der Waals surface area contributed by atoms with Gasteiger partial charge in [-0.1, -0.05) is 53.5 Å². The summed E-state index contributed by atoms with van der Waals surface area (Å²) in [6, 6.07) is 19.4. The first-order chi connectivity index (χ1) is 16.0. The molecular weight excluding hydrogens is 477 g/mol. The van der Waals surface area contributed by atoms with Gasteiger partial charge in [-0.05, 0) is 47.7 Å². The van der Waals surface area contributed by atoms with Crippen molar-refractivity contribution in [3.8, 4) is 11.3 Å². The summed E-state index contributed by atoms with van der Waals surface area (Å²) in [5, 5.41) is 1.84. The highest BCUT2D eigenvalue weighted by molar-refractivity contribution is 8.18. The molecule has 5 nitrogen and oxygen atoms in total. The molecule has 0 saturated carbocycles. The van der Waals surface area contributed by atoms with Crippen LogP contribution in [-0.4, -0.2) is 47.1 Å². The minimum Gasteiger partial charge on any atom is -0.457 e. The van der Waals surface area contributed by atoms with E-state index in [2.05, 4.69) is 39.1 Å². The second-order valence-corrected chi connectivity index (χ2v) is 9.74. The Morgan fingerprint density at radius 3 is 2.55 bits per heavy atom. The summed E-state index contributed by atoms with van der Waals surface area (Å²) in [5.74, 6) is 0.967. The number of nitrogens with zero attached hydrogens (tertiary/aromatic N) is 3. The predicted octanol–water partition coefficient (Wildman–Crippen LogP) is 6.04. The summed E-state index contributed by atoms with van der Waals surface area (Å²) in [6.07, 6.45) is 1.74. The van der Waals surface area contributed by atoms with Crippen molar-refractivity contribution < 1.29 is 9.21 Å². The van der Waals surface area contributed by atoms with Gasteiger partial charge in [0.1, 0.15) is 11.5 Å². The maximum absolute atomic E-state index is 12.5. The predicted molar refractivity (Wildman–Crippen MR) is 135 cm³/mol. The molecule has 0 spiro atoms. The lowest BCUT2D eigenvalue weighted by Gasteiger charge is -2.35. The molecule has 5 rings (SSSR count). The lowest BCUT2D eigenvalue weighted by Crippen LogP contribution is -2.47. The van der Waals surface area contributed by atoms with Crippen LogP contribution >= 0.6 is 35.0 Å². The normalized spacial score (nSPS) is 18.2. The number of hydrogen-bond donors (Lipinski definition) is 0. The summed E-state index contributed by atoms with van der Waals surface area (Å²) >= 11 is 13.7. The molecule has 0 radical (unpaired) electrons. The zero-order chi connectivity index (χ0) is 22.8. The fourth-order valence-corrected chi connectivity index (χ4v) is 5.31. The molecule has 1 aromatic heterocycles. The van der Waals surface area contributed by atoms with E-state index >= 15 is 0 Å². The third kappa shape index (κ3) is 5.20. The fraction of sp³-hybridized carbons (Fsp3) is 0.200. The molecule has 8 heteroatoms. The number of halogens is 2. The zero-order valence-corrected chi connectivity index (χ0v) is 20.0. The van der Waals surface area contributed by atoms with Gasteiger partial charge < -0.3 is 9.32 Å². The van der Waals surface area contributed by atoms with Crippen LogP contribution in [0.3, 0.4) is 0 Å². The van der Waals surface area contributed by atoms with Gasteiger partial charge in [-0.25, -0.2) is 0 Å². The van der Waals surface area contributed by atoms with Crippen molar-refractivity contribution in [2.45, 2.75) is 6.54 Å². The molecule has 1 saturated heterocycles. The molecule has 1 amide bonds. The number of piperazine rings is 1. The molecule has 168 valence electrons. The zero-order valence-electron chi connectivity index (χ0n) is 17.7. The van der Waals surface area contributed by atoms with Crippen LogP contribution in [0.4, 0.5) is 0 Å². The minimum absolute atomic E-state index is 0.232. The lowest BCUT2D eigenvalue weighted by atomic mass is 10.2. The van der Waals surface area contributed by atoms with Crippen molar-refractivity contribution >= 4 is 52.1 Å². The first kappa shape index (κ1) is 22.3. The van der Waals surface area contributed by atoms with Crippen molar-refractivity contribution in [1.82, 2.24) is 9.80 Å². The highest BCUT2D eigenvalue weighted by Gasteiger charge is 2.28. The van der Waals surface area contributed by atoms with E-state index in [1.807, 2.05) is 24.3 Å². The Bertz CT molecular complexity index is 1230. The molecule has 3 heterocycles. The first-order valence-electron chi connectivity index (χ1n) is 10.6. The molecule has 3 aromatic rings. The summed E-state index contributed by atoms with van der Waals surface area (Å²) in [6.45, 7) is 4.51. The number of benzene rings is 2. The number of carbonyl (C=O) groups excluding carboxylic acids is 1. The van der Waals surface area contributed by atoms with Crippen molar-refractivity contribution in [2.75, 3.05) is 26.2 Å². The average Bonchev–Trinajstić information content (AvgIpc) is 3.42. The number of furan rings is 1. The van der Waals surface area contributed by atoms with Gasteiger partial charge in [0.25, 0.3) is 5.91 Å². The van der Waals surface area contributed by atoms with Crippen LogP contribution in [0, 0.1) is 0 Å². The summed E-state index contributed by atoms with van der Waals surface area (Å²) in [5.41, 5.74) is 2.07. The van der Waals surface area contributed by atoms with Crippen LogP contribution in [-0.2, 0) is 11.3 Å². The van der Waals surface area contributed by atoms with E-state index in [9.17, 15) is 4.79 Å². The molecule has 0 N–H and O–H groups in total. The van der Waals surface area contributed by atoms with Gasteiger partial charge in [0.15, 0.2) is 5.17 Å². The standard InChI is InChI=1S/C25H21Cl2N3O2S/c26-18-6-8-20(21(27)14-18)22-9-7-19(32-22)15-23-24(31)28-25(33-23)30-12-10-29(11-13-30)16-17-4-2-1-3-5-17/h1-9,14-15H,10-13,16H2/b23-15+. The van der Waals surface area contributed by atoms with Crippen molar-refractivity contribution in [3.05, 3.63) is 86.9 Å². The monoisotopic (exact) mass is 497 g/mol. The second-order valence-electron chi connectivity index (χ2n) is 7.89. The van der Waals surface area contributed by atoms with Crippen LogP contribution in [0.25, 0.3) is 17.4 Å². The smallest absolute Gasteiger partial charge is 0.286 e. The Labute approximate surface area is 206 Å². The van der Waals surface area contributed by atoms with E-state index in [0.29, 0.717) is 26.5 Å². The Morgan fingerprint density at radius 1 is 1.00 bits per heavy atom. The van der Waals surface area contributed by atoms with E-state index in [1.54, 1.807) is 18.2 Å². The number of rotatable bonds is 4. The molecule has 1 fully saturated rings. The fourth-order valence-electron chi connectivity index (χ4n) is 3.87. The molecule has 0 atom stereocenters. The molecule has 2 aromatic carbocycles. The third-order valence-corrected chi connectivity index (χ3v) is 7.19. The number of amides is 1. The van der Waals surface area contributed by atoms with Crippen molar-refractivity contribution in [1.29, 1.82) is 0 Å². The van der Waals surface area contributed by atoms with Crippen LogP contribution in [0.5, 0.6) is 0 Å². The number of aliphatic imine (C=N–C) groups is 1. The number of carbonyl (C=O) groups is 1. The quantitative estimate of drug-likeness (QED) is 0.411. The molecule has 2 aliphatic rings. The Hall–Kier alpha value is -2.51. The largest absolute Gasteiger partial charge is 0.457 e. The van der Waals surface area contributed by atoms with Crippen LogP contribution in [0.2, 0.25) is 10.0 Å². The van der Waals surface area contributed by atoms with E-state index in [4.69, 9.17) is 27.6 Å². The van der Waals surface area contributed by atoms with Crippen LogP contribution < -0.4 is 0 Å². The lowest BCUT2D eigenvalue weighted by molar-refractivity contribution is -0.113. The topological polar surface area (TPSA) is 49.1 Å². The highest BCUT2D eigenvalue weighted by atomic mass is 35.5. The van der Waals surface area contributed by atoms with Crippen molar-refractivity contribution in [2.24, 2.45) is 4.99 Å². The molecule has 0 bridgehead atoms. The highest BCUT2D eigenvalue weighted by Crippen LogP contribution is 2.34. The number of amidine groups is 1. The Balaban J connectivity index is 1.21. The summed E-state index contributed by atoms with van der Waals surface area (Å²) < 4.78 is 5.91. The van der Waals surface area contributed by atoms with Gasteiger partial charge in [-0.15, -0.1) is 0 Å². The first-order valence-corrected chi connectivity index (χ1v) is 12.2. The van der Waals surface area contributed by atoms with Gasteiger partial charge in [0, 0.05) is 49.4 Å².